The molecule has 0 aromatic rings. The Bertz CT molecular complexity index is 105. The summed E-state index contributed by atoms with van der Waals surface area (Å²) in [4.78, 5) is 2.10. The van der Waals surface area contributed by atoms with Gasteiger partial charge < -0.3 is 4.43 Å². The van der Waals surface area contributed by atoms with Crippen molar-refractivity contribution < 1.29 is 4.43 Å². The summed E-state index contributed by atoms with van der Waals surface area (Å²) < 4.78 is 6.00. The van der Waals surface area contributed by atoms with Crippen LogP contribution in [0.1, 0.15) is 20.8 Å². The van der Waals surface area contributed by atoms with Gasteiger partial charge in [0.15, 0.2) is 8.32 Å². The molecule has 0 amide bonds. The van der Waals surface area contributed by atoms with Crippen LogP contribution in [0.4, 0.5) is 0 Å². The highest BCUT2D eigenvalue weighted by Crippen LogP contribution is 2.21. The lowest BCUT2D eigenvalue weighted by molar-refractivity contribution is 0.167. The van der Waals surface area contributed by atoms with Crippen LogP contribution in [0.2, 0.25) is 18.1 Å². The van der Waals surface area contributed by atoms with Gasteiger partial charge in [-0.25, -0.2) is 0 Å². The van der Waals surface area contributed by atoms with Crippen LogP contribution in [0.25, 0.3) is 0 Å². The molecule has 12 heavy (non-hydrogen) atoms. The molecule has 0 saturated carbocycles. The summed E-state index contributed by atoms with van der Waals surface area (Å²) in [6.07, 6.45) is 0. The molecule has 0 atom stereocenters. The minimum atomic E-state index is -1.32. The van der Waals surface area contributed by atoms with Gasteiger partial charge in [0.25, 0.3) is 0 Å². The van der Waals surface area contributed by atoms with E-state index in [1.165, 1.54) is 18.1 Å². The Morgan fingerprint density at radius 3 is 1.67 bits per heavy atom. The zero-order chi connectivity index (χ0) is 9.61. The topological polar surface area (TPSA) is 12.5 Å². The fourth-order valence-corrected chi connectivity index (χ4v) is 3.97. The Labute approximate surface area is 78.0 Å². The number of nitrogens with zero attached hydrogens (tertiary/aromatic N) is 1. The van der Waals surface area contributed by atoms with Crippen molar-refractivity contribution in [3.8, 4) is 0 Å². The predicted octanol–water partition coefficient (Wildman–Crippen LogP) is 2.53. The summed E-state index contributed by atoms with van der Waals surface area (Å²) in [6, 6.07) is 3.73. The van der Waals surface area contributed by atoms with Crippen LogP contribution in [0.5, 0.6) is 0 Å². The number of hydrogen-bond acceptors (Lipinski definition) is 2. The molecule has 2 nitrogen and oxygen atoms in total. The van der Waals surface area contributed by atoms with Gasteiger partial charge in [0.1, 0.15) is 0 Å². The molecule has 74 valence electrons. The summed E-state index contributed by atoms with van der Waals surface area (Å²) >= 11 is 0. The third-order valence-corrected chi connectivity index (χ3v) is 7.17. The summed E-state index contributed by atoms with van der Waals surface area (Å²) in [5.41, 5.74) is 0. The molecule has 0 spiro atoms. The molecule has 3 heteroatoms. The van der Waals surface area contributed by atoms with Crippen LogP contribution in [0.3, 0.4) is 0 Å². The average molecular weight is 189 g/mol. The fourth-order valence-electron chi connectivity index (χ4n) is 1.32. The van der Waals surface area contributed by atoms with E-state index in [0.29, 0.717) is 0 Å². The lowest BCUT2D eigenvalue weighted by atomic mass is 10.9. The number of hydrogen-bond donors (Lipinski definition) is 0. The smallest absolute Gasteiger partial charge is 0.193 e. The Morgan fingerprint density at radius 1 is 1.00 bits per heavy atom. The maximum atomic E-state index is 6.00. The van der Waals surface area contributed by atoms with Crippen LogP contribution in [0, 0.1) is 0 Å². The molecular formula is C9H23NOSi. The van der Waals surface area contributed by atoms with Crippen molar-refractivity contribution >= 4 is 8.32 Å². The molecule has 0 fully saturated rings. The highest BCUT2D eigenvalue weighted by molar-refractivity contribution is 6.73. The standard InChI is InChI=1S/C9H23NOSi/c1-6-12(7-2,8-3)11-9-10(4)5/h6-9H2,1-5H3. The normalized spacial score (nSPS) is 12.5. The zero-order valence-electron chi connectivity index (χ0n) is 9.18. The first-order valence-electron chi connectivity index (χ1n) is 4.89. The molecule has 0 aromatic carbocycles. The van der Waals surface area contributed by atoms with Gasteiger partial charge in [0, 0.05) is 0 Å². The second kappa shape index (κ2) is 5.73. The molecule has 0 aliphatic carbocycles. The van der Waals surface area contributed by atoms with Crippen LogP contribution >= 0.6 is 0 Å². The quantitative estimate of drug-likeness (QED) is 0.470. The lowest BCUT2D eigenvalue weighted by Crippen LogP contribution is -2.38. The van der Waals surface area contributed by atoms with Crippen molar-refractivity contribution in [2.24, 2.45) is 0 Å². The van der Waals surface area contributed by atoms with Crippen LogP contribution in [0.15, 0.2) is 0 Å². The van der Waals surface area contributed by atoms with E-state index in [-0.39, 0.29) is 0 Å². The van der Waals surface area contributed by atoms with E-state index >= 15 is 0 Å². The van der Waals surface area contributed by atoms with Gasteiger partial charge in [-0.1, -0.05) is 20.8 Å². The van der Waals surface area contributed by atoms with Gasteiger partial charge in [-0.15, -0.1) is 0 Å². The third kappa shape index (κ3) is 3.69. The highest BCUT2D eigenvalue weighted by atomic mass is 28.4. The molecule has 0 aliphatic rings. The number of rotatable bonds is 6. The Hall–Kier alpha value is 0.137. The third-order valence-electron chi connectivity index (χ3n) is 2.56. The van der Waals surface area contributed by atoms with E-state index in [4.69, 9.17) is 4.43 Å². The fraction of sp³-hybridized carbons (Fsp3) is 1.00. The van der Waals surface area contributed by atoms with Gasteiger partial charge in [-0.05, 0) is 32.2 Å². The molecule has 0 aliphatic heterocycles. The molecule has 0 rings (SSSR count). The minimum absolute atomic E-state index is 0.793. The largest absolute Gasteiger partial charge is 0.404 e. The van der Waals surface area contributed by atoms with Crippen LogP contribution < -0.4 is 0 Å². The minimum Gasteiger partial charge on any atom is -0.404 e. The zero-order valence-corrected chi connectivity index (χ0v) is 10.2. The predicted molar refractivity (Wildman–Crippen MR) is 56.8 cm³/mol. The second-order valence-electron chi connectivity index (χ2n) is 3.60. The summed E-state index contributed by atoms with van der Waals surface area (Å²) in [6.45, 7) is 7.57. The first-order chi connectivity index (χ1) is 5.60. The molecule has 0 aromatic heterocycles. The Morgan fingerprint density at radius 2 is 1.42 bits per heavy atom. The van der Waals surface area contributed by atoms with E-state index in [1.54, 1.807) is 0 Å². The maximum absolute atomic E-state index is 6.00. The molecule has 0 bridgehead atoms. The maximum Gasteiger partial charge on any atom is 0.193 e. The lowest BCUT2D eigenvalue weighted by Gasteiger charge is -2.29. The van der Waals surface area contributed by atoms with E-state index in [9.17, 15) is 0 Å². The first-order valence-corrected chi connectivity index (χ1v) is 7.42. The SMILES string of the molecule is CC[Si](CC)(CC)OCN(C)C. The van der Waals surface area contributed by atoms with Gasteiger partial charge in [-0.2, -0.15) is 0 Å². The molecule has 0 unspecified atom stereocenters. The van der Waals surface area contributed by atoms with Crippen molar-refractivity contribution in [1.82, 2.24) is 4.90 Å². The van der Waals surface area contributed by atoms with E-state index in [0.717, 1.165) is 6.73 Å². The molecular weight excluding hydrogens is 166 g/mol. The van der Waals surface area contributed by atoms with Crippen molar-refractivity contribution in [1.29, 1.82) is 0 Å². The average Bonchev–Trinajstić information content (AvgIpc) is 2.08. The van der Waals surface area contributed by atoms with Gasteiger partial charge in [0.2, 0.25) is 0 Å². The van der Waals surface area contributed by atoms with E-state index < -0.39 is 8.32 Å². The van der Waals surface area contributed by atoms with Crippen LogP contribution in [-0.4, -0.2) is 34.0 Å². The Balaban J connectivity index is 3.93. The summed E-state index contributed by atoms with van der Waals surface area (Å²) in [5, 5.41) is 0. The molecule has 0 heterocycles. The van der Waals surface area contributed by atoms with Gasteiger partial charge in [-0.3, -0.25) is 4.90 Å². The van der Waals surface area contributed by atoms with Crippen molar-refractivity contribution in [3.63, 3.8) is 0 Å². The highest BCUT2D eigenvalue weighted by Gasteiger charge is 2.28. The van der Waals surface area contributed by atoms with E-state index in [1.807, 2.05) is 0 Å². The molecule has 0 N–H and O–H groups in total. The second-order valence-corrected chi connectivity index (χ2v) is 8.37. The van der Waals surface area contributed by atoms with Crippen molar-refractivity contribution in [2.75, 3.05) is 20.8 Å². The first kappa shape index (κ1) is 12.1. The molecule has 0 radical (unpaired) electrons. The molecule has 0 saturated heterocycles. The van der Waals surface area contributed by atoms with Crippen LogP contribution in [-0.2, 0) is 4.43 Å². The summed E-state index contributed by atoms with van der Waals surface area (Å²) in [7, 11) is 2.79. The van der Waals surface area contributed by atoms with Gasteiger partial charge in [0.05, 0.1) is 6.73 Å². The summed E-state index contributed by atoms with van der Waals surface area (Å²) in [5.74, 6) is 0. The van der Waals surface area contributed by atoms with Crippen molar-refractivity contribution in [2.45, 2.75) is 38.9 Å². The Kier molecular flexibility index (Phi) is 5.79. The monoisotopic (exact) mass is 189 g/mol. The van der Waals surface area contributed by atoms with Crippen molar-refractivity contribution in [3.05, 3.63) is 0 Å². The van der Waals surface area contributed by atoms with Gasteiger partial charge >= 0.3 is 0 Å². The van der Waals surface area contributed by atoms with E-state index in [2.05, 4.69) is 39.8 Å².